The van der Waals surface area contributed by atoms with Gasteiger partial charge >= 0.3 is 0 Å². The number of nitrogens with one attached hydrogen (secondary N) is 2. The van der Waals surface area contributed by atoms with Gasteiger partial charge in [-0.1, -0.05) is 13.8 Å². The molecule has 0 bridgehead atoms. The lowest BCUT2D eigenvalue weighted by atomic mass is 9.57. The van der Waals surface area contributed by atoms with E-state index >= 15 is 0 Å². The zero-order chi connectivity index (χ0) is 18.7. The molecule has 1 aliphatic carbocycles. The van der Waals surface area contributed by atoms with Crippen molar-refractivity contribution in [3.05, 3.63) is 11.6 Å². The Balaban J connectivity index is 0.00000261. The van der Waals surface area contributed by atoms with Crippen molar-refractivity contribution in [2.24, 2.45) is 23.4 Å². The quantitative estimate of drug-likeness (QED) is 0.255. The molecule has 1 aliphatic heterocycles. The first kappa shape index (κ1) is 22.7. The van der Waals surface area contributed by atoms with Crippen LogP contribution in [0.5, 0.6) is 0 Å². The Hall–Kier alpha value is -0.550. The highest BCUT2D eigenvalue weighted by atomic mass is 127. The van der Waals surface area contributed by atoms with Crippen LogP contribution in [0.2, 0.25) is 0 Å². The fourth-order valence-corrected chi connectivity index (χ4v) is 4.51. The largest absolute Gasteiger partial charge is 0.377 e. The molecule has 154 valence electrons. The molecule has 0 radical (unpaired) electrons. The molecule has 0 amide bonds. The molecule has 2 fully saturated rings. The number of hydrogen-bond acceptors (Lipinski definition) is 5. The number of hydrogen-bond donors (Lipinski definition) is 2. The maximum atomic E-state index is 5.92. The Morgan fingerprint density at radius 3 is 2.85 bits per heavy atom. The Bertz CT molecular complexity index is 650. The Morgan fingerprint density at radius 2 is 2.19 bits per heavy atom. The summed E-state index contributed by atoms with van der Waals surface area (Å²) >= 11 is 1.87. The van der Waals surface area contributed by atoms with Crippen LogP contribution in [0.4, 0.5) is 0 Å². The van der Waals surface area contributed by atoms with Gasteiger partial charge < -0.3 is 19.9 Å². The summed E-state index contributed by atoms with van der Waals surface area (Å²) in [5.74, 6) is 4.39. The number of fused-ring (bicyclic) bond motifs is 1. The zero-order valence-corrected chi connectivity index (χ0v) is 20.1. The summed E-state index contributed by atoms with van der Waals surface area (Å²) in [5, 5.41) is 15.5. The zero-order valence-electron chi connectivity index (χ0n) is 17.0. The monoisotopic (exact) mass is 508 g/mol. The molecule has 3 unspecified atom stereocenters. The number of thioether (sulfide) groups is 1. The fraction of sp³-hybridized carbons (Fsp3) is 0.833. The van der Waals surface area contributed by atoms with Gasteiger partial charge in [0.1, 0.15) is 12.4 Å². The van der Waals surface area contributed by atoms with Gasteiger partial charge in [-0.05, 0) is 31.8 Å². The van der Waals surface area contributed by atoms with Gasteiger partial charge in [-0.2, -0.15) is 11.8 Å². The van der Waals surface area contributed by atoms with Gasteiger partial charge in [0.2, 0.25) is 0 Å². The van der Waals surface area contributed by atoms with Crippen LogP contribution in [0, 0.1) is 18.3 Å². The van der Waals surface area contributed by atoms with E-state index in [1.165, 1.54) is 0 Å². The third kappa shape index (κ3) is 4.90. The number of aromatic nitrogens is 3. The van der Waals surface area contributed by atoms with Crippen molar-refractivity contribution in [3.8, 4) is 0 Å². The van der Waals surface area contributed by atoms with E-state index < -0.39 is 0 Å². The van der Waals surface area contributed by atoms with E-state index in [-0.39, 0.29) is 29.4 Å². The first-order valence-corrected chi connectivity index (χ1v) is 10.8. The SMILES string of the molecule is CSCCCNC(=NCc1nnc(C)n1C)NC1C2CCOC2C1(C)C.I. The lowest BCUT2D eigenvalue weighted by molar-refractivity contribution is -0.106. The minimum absolute atomic E-state index is 0. The summed E-state index contributed by atoms with van der Waals surface area (Å²) in [4.78, 5) is 4.79. The molecule has 3 rings (SSSR count). The van der Waals surface area contributed by atoms with Crippen molar-refractivity contribution in [3.63, 3.8) is 0 Å². The van der Waals surface area contributed by atoms with Gasteiger partial charge in [0.25, 0.3) is 0 Å². The number of nitrogens with zero attached hydrogens (tertiary/aromatic N) is 4. The van der Waals surface area contributed by atoms with Crippen molar-refractivity contribution < 1.29 is 4.74 Å². The second kappa shape index (κ2) is 9.78. The molecule has 0 spiro atoms. The topological polar surface area (TPSA) is 76.4 Å². The molecule has 2 aliphatic rings. The smallest absolute Gasteiger partial charge is 0.191 e. The molecule has 7 nitrogen and oxygen atoms in total. The number of aryl methyl sites for hydroxylation is 1. The number of guanidine groups is 1. The Kier molecular flexibility index (Phi) is 8.23. The summed E-state index contributed by atoms with van der Waals surface area (Å²) in [6, 6.07) is 0.392. The standard InChI is InChI=1S/C18H32N6OS.HI/c1-12-22-23-14(24(12)4)11-20-17(19-8-6-10-26-5)21-15-13-7-9-25-16(13)18(15,2)3;/h13,15-16H,6-11H2,1-5H3,(H2,19,20,21);1H. The van der Waals surface area contributed by atoms with Crippen molar-refractivity contribution in [2.75, 3.05) is 25.2 Å². The van der Waals surface area contributed by atoms with E-state index in [9.17, 15) is 0 Å². The van der Waals surface area contributed by atoms with Crippen LogP contribution in [0.1, 0.15) is 38.3 Å². The van der Waals surface area contributed by atoms with E-state index in [1.54, 1.807) is 0 Å². The van der Waals surface area contributed by atoms with Crippen LogP contribution in [0.25, 0.3) is 0 Å². The van der Waals surface area contributed by atoms with Gasteiger partial charge in [-0.25, -0.2) is 4.99 Å². The van der Waals surface area contributed by atoms with Crippen LogP contribution in [-0.2, 0) is 18.3 Å². The molecule has 3 atom stereocenters. The second-order valence-electron chi connectivity index (χ2n) is 7.85. The summed E-state index contributed by atoms with van der Waals surface area (Å²) in [7, 11) is 1.98. The first-order valence-electron chi connectivity index (χ1n) is 9.45. The Labute approximate surface area is 183 Å². The average Bonchev–Trinajstić information content (AvgIpc) is 3.20. The minimum Gasteiger partial charge on any atom is -0.377 e. The molecule has 2 N–H and O–H groups in total. The minimum atomic E-state index is 0. The van der Waals surface area contributed by atoms with Crippen molar-refractivity contribution >= 4 is 41.7 Å². The van der Waals surface area contributed by atoms with Crippen LogP contribution in [-0.4, -0.2) is 58.0 Å². The normalized spacial score (nSPS) is 26.1. The number of rotatable bonds is 7. The van der Waals surface area contributed by atoms with Gasteiger partial charge in [-0.15, -0.1) is 34.2 Å². The summed E-state index contributed by atoms with van der Waals surface area (Å²) in [6.45, 7) is 8.85. The lowest BCUT2D eigenvalue weighted by Crippen LogP contribution is -2.68. The predicted octanol–water partition coefficient (Wildman–Crippen LogP) is 2.34. The number of halogens is 1. The highest BCUT2D eigenvalue weighted by Gasteiger charge is 2.59. The lowest BCUT2D eigenvalue weighted by Gasteiger charge is -2.54. The van der Waals surface area contributed by atoms with E-state index in [2.05, 4.69) is 40.9 Å². The fourth-order valence-electron chi connectivity index (χ4n) is 4.08. The maximum absolute atomic E-state index is 5.92. The molecule has 0 aromatic carbocycles. The number of aliphatic imine (C=N–C) groups is 1. The van der Waals surface area contributed by atoms with Crippen LogP contribution < -0.4 is 10.6 Å². The van der Waals surface area contributed by atoms with E-state index in [1.807, 2.05) is 30.3 Å². The van der Waals surface area contributed by atoms with E-state index in [0.717, 1.165) is 49.4 Å². The summed E-state index contributed by atoms with van der Waals surface area (Å²) < 4.78 is 7.90. The third-order valence-electron chi connectivity index (χ3n) is 5.77. The molecule has 1 saturated carbocycles. The summed E-state index contributed by atoms with van der Waals surface area (Å²) in [5.41, 5.74) is 0.129. The Morgan fingerprint density at radius 1 is 1.41 bits per heavy atom. The summed E-state index contributed by atoms with van der Waals surface area (Å²) in [6.07, 6.45) is 4.77. The molecule has 1 saturated heterocycles. The molecule has 1 aromatic heterocycles. The van der Waals surface area contributed by atoms with Gasteiger partial charge in [-0.3, -0.25) is 0 Å². The van der Waals surface area contributed by atoms with E-state index in [4.69, 9.17) is 9.73 Å². The molecule has 2 heterocycles. The third-order valence-corrected chi connectivity index (χ3v) is 6.47. The molecular formula is C18H33IN6OS. The van der Waals surface area contributed by atoms with Gasteiger partial charge in [0, 0.05) is 37.6 Å². The molecular weight excluding hydrogens is 475 g/mol. The predicted molar refractivity (Wildman–Crippen MR) is 122 cm³/mol. The van der Waals surface area contributed by atoms with Crippen molar-refractivity contribution in [2.45, 2.75) is 52.3 Å². The molecule has 1 aromatic rings. The molecule has 27 heavy (non-hydrogen) atoms. The average molecular weight is 508 g/mol. The van der Waals surface area contributed by atoms with Crippen molar-refractivity contribution in [1.82, 2.24) is 25.4 Å². The van der Waals surface area contributed by atoms with Crippen molar-refractivity contribution in [1.29, 1.82) is 0 Å². The van der Waals surface area contributed by atoms with Gasteiger partial charge in [0.15, 0.2) is 11.8 Å². The van der Waals surface area contributed by atoms with E-state index in [0.29, 0.717) is 24.6 Å². The van der Waals surface area contributed by atoms with Crippen LogP contribution in [0.15, 0.2) is 4.99 Å². The highest BCUT2D eigenvalue weighted by Crippen LogP contribution is 2.52. The maximum Gasteiger partial charge on any atom is 0.191 e. The molecule has 9 heteroatoms. The van der Waals surface area contributed by atoms with Crippen LogP contribution >= 0.6 is 35.7 Å². The second-order valence-corrected chi connectivity index (χ2v) is 8.83. The van der Waals surface area contributed by atoms with Gasteiger partial charge in [0.05, 0.1) is 6.10 Å². The first-order chi connectivity index (χ1) is 12.4. The highest BCUT2D eigenvalue weighted by molar-refractivity contribution is 14.0. The number of ether oxygens (including phenoxy) is 1. The van der Waals surface area contributed by atoms with Crippen LogP contribution in [0.3, 0.4) is 0 Å².